The molecule has 1 saturated carbocycles. The lowest BCUT2D eigenvalue weighted by Crippen LogP contribution is -2.28. The van der Waals surface area contributed by atoms with Gasteiger partial charge in [-0.3, -0.25) is 0 Å². The van der Waals surface area contributed by atoms with Crippen molar-refractivity contribution in [1.29, 1.82) is 0 Å². The lowest BCUT2D eigenvalue weighted by molar-refractivity contribution is 0.315. The molecule has 0 amide bonds. The van der Waals surface area contributed by atoms with Gasteiger partial charge in [0.1, 0.15) is 0 Å². The molecule has 0 aliphatic heterocycles. The van der Waals surface area contributed by atoms with Crippen molar-refractivity contribution in [1.82, 2.24) is 5.32 Å². The summed E-state index contributed by atoms with van der Waals surface area (Å²) in [4.78, 5) is 0. The molecule has 1 nitrogen and oxygen atoms in total. The standard InChI is InChI=1S/C18H29N/c1-15-8-6-7-11-17(15)14-18(19-2)13-12-16-9-4-3-5-10-16/h6-8,11,16,18-19H,3-5,9-10,12-14H2,1-2H3. The SMILES string of the molecule is CNC(CCC1CCCCC1)Cc1ccccc1C. The normalized spacial score (nSPS) is 18.4. The summed E-state index contributed by atoms with van der Waals surface area (Å²) >= 11 is 0. The van der Waals surface area contributed by atoms with Gasteiger partial charge in [-0.05, 0) is 50.3 Å². The monoisotopic (exact) mass is 259 g/mol. The number of hydrogen-bond donors (Lipinski definition) is 1. The van der Waals surface area contributed by atoms with Gasteiger partial charge in [0.15, 0.2) is 0 Å². The highest BCUT2D eigenvalue weighted by molar-refractivity contribution is 5.26. The molecule has 0 spiro atoms. The molecule has 19 heavy (non-hydrogen) atoms. The van der Waals surface area contributed by atoms with E-state index in [1.807, 2.05) is 0 Å². The molecular formula is C18H29N. The molecule has 1 atom stereocenters. The quantitative estimate of drug-likeness (QED) is 0.794. The molecule has 1 fully saturated rings. The Kier molecular flexibility index (Phi) is 5.91. The second kappa shape index (κ2) is 7.69. The molecule has 0 aromatic heterocycles. The molecule has 1 aliphatic rings. The van der Waals surface area contributed by atoms with Crippen LogP contribution in [0.15, 0.2) is 24.3 Å². The van der Waals surface area contributed by atoms with Crippen molar-refractivity contribution in [3.8, 4) is 0 Å². The summed E-state index contributed by atoms with van der Waals surface area (Å²) in [5.41, 5.74) is 2.94. The Morgan fingerprint density at radius 1 is 1.16 bits per heavy atom. The molecule has 0 heterocycles. The average Bonchev–Trinajstić information content (AvgIpc) is 2.46. The predicted octanol–water partition coefficient (Wildman–Crippen LogP) is 4.49. The average molecular weight is 259 g/mol. The Balaban J connectivity index is 1.81. The van der Waals surface area contributed by atoms with Crippen molar-refractivity contribution < 1.29 is 0 Å². The molecule has 0 radical (unpaired) electrons. The minimum absolute atomic E-state index is 0.642. The van der Waals surface area contributed by atoms with Gasteiger partial charge < -0.3 is 5.32 Å². The number of aryl methyl sites for hydroxylation is 1. The highest BCUT2D eigenvalue weighted by Gasteiger charge is 2.16. The summed E-state index contributed by atoms with van der Waals surface area (Å²) in [6, 6.07) is 9.44. The van der Waals surface area contributed by atoms with E-state index in [0.717, 1.165) is 5.92 Å². The summed E-state index contributed by atoms with van der Waals surface area (Å²) in [6.45, 7) is 2.23. The molecule has 1 heteroatoms. The van der Waals surface area contributed by atoms with Crippen molar-refractivity contribution in [2.24, 2.45) is 5.92 Å². The van der Waals surface area contributed by atoms with E-state index < -0.39 is 0 Å². The number of hydrogen-bond acceptors (Lipinski definition) is 1. The van der Waals surface area contributed by atoms with E-state index in [4.69, 9.17) is 0 Å². The van der Waals surface area contributed by atoms with Crippen LogP contribution in [0.3, 0.4) is 0 Å². The first kappa shape index (κ1) is 14.6. The Morgan fingerprint density at radius 2 is 1.89 bits per heavy atom. The fourth-order valence-electron chi connectivity index (χ4n) is 3.37. The van der Waals surface area contributed by atoms with Gasteiger partial charge in [-0.2, -0.15) is 0 Å². The van der Waals surface area contributed by atoms with Crippen molar-refractivity contribution in [2.45, 2.75) is 64.3 Å². The van der Waals surface area contributed by atoms with Crippen molar-refractivity contribution in [3.63, 3.8) is 0 Å². The van der Waals surface area contributed by atoms with Crippen LogP contribution >= 0.6 is 0 Å². The Labute approximate surface area is 118 Å². The number of rotatable bonds is 6. The first-order valence-corrected chi connectivity index (χ1v) is 8.01. The first-order chi connectivity index (χ1) is 9.29. The van der Waals surface area contributed by atoms with Gasteiger partial charge >= 0.3 is 0 Å². The number of nitrogens with one attached hydrogen (secondary N) is 1. The Bertz CT molecular complexity index is 366. The topological polar surface area (TPSA) is 12.0 Å². The van der Waals surface area contributed by atoms with E-state index in [1.54, 1.807) is 0 Å². The van der Waals surface area contributed by atoms with Crippen LogP contribution in [-0.2, 0) is 6.42 Å². The van der Waals surface area contributed by atoms with E-state index >= 15 is 0 Å². The summed E-state index contributed by atoms with van der Waals surface area (Å²) in [6.07, 6.45) is 11.3. The largest absolute Gasteiger partial charge is 0.317 e. The lowest BCUT2D eigenvalue weighted by Gasteiger charge is -2.24. The molecule has 1 unspecified atom stereocenters. The third kappa shape index (κ3) is 4.65. The third-order valence-electron chi connectivity index (χ3n) is 4.78. The molecular weight excluding hydrogens is 230 g/mol. The maximum atomic E-state index is 3.52. The van der Waals surface area contributed by atoms with Crippen LogP contribution in [0.1, 0.15) is 56.1 Å². The van der Waals surface area contributed by atoms with Crippen LogP contribution in [0.2, 0.25) is 0 Å². The van der Waals surface area contributed by atoms with Crippen molar-refractivity contribution in [2.75, 3.05) is 7.05 Å². The van der Waals surface area contributed by atoms with Crippen LogP contribution in [-0.4, -0.2) is 13.1 Å². The molecule has 1 N–H and O–H groups in total. The van der Waals surface area contributed by atoms with Gasteiger partial charge in [-0.1, -0.05) is 56.4 Å². The molecule has 0 saturated heterocycles. The highest BCUT2D eigenvalue weighted by Crippen LogP contribution is 2.28. The second-order valence-electron chi connectivity index (χ2n) is 6.20. The summed E-state index contributed by atoms with van der Waals surface area (Å²) in [5, 5.41) is 3.52. The molecule has 2 rings (SSSR count). The molecule has 106 valence electrons. The summed E-state index contributed by atoms with van der Waals surface area (Å²) in [7, 11) is 2.11. The first-order valence-electron chi connectivity index (χ1n) is 8.01. The van der Waals surface area contributed by atoms with Gasteiger partial charge in [0.05, 0.1) is 0 Å². The van der Waals surface area contributed by atoms with Crippen LogP contribution in [0, 0.1) is 12.8 Å². The minimum atomic E-state index is 0.642. The van der Waals surface area contributed by atoms with Gasteiger partial charge in [0.2, 0.25) is 0 Å². The smallest absolute Gasteiger partial charge is 0.0105 e. The zero-order valence-electron chi connectivity index (χ0n) is 12.6. The lowest BCUT2D eigenvalue weighted by atomic mass is 9.84. The van der Waals surface area contributed by atoms with E-state index in [-0.39, 0.29) is 0 Å². The van der Waals surface area contributed by atoms with Gasteiger partial charge in [-0.25, -0.2) is 0 Å². The summed E-state index contributed by atoms with van der Waals surface area (Å²) in [5.74, 6) is 1.00. The van der Waals surface area contributed by atoms with Gasteiger partial charge in [-0.15, -0.1) is 0 Å². The van der Waals surface area contributed by atoms with Crippen LogP contribution in [0.4, 0.5) is 0 Å². The highest BCUT2D eigenvalue weighted by atomic mass is 14.9. The van der Waals surface area contributed by atoms with E-state index in [9.17, 15) is 0 Å². The minimum Gasteiger partial charge on any atom is -0.317 e. The fraction of sp³-hybridized carbons (Fsp3) is 0.667. The number of benzene rings is 1. The van der Waals surface area contributed by atoms with E-state index in [2.05, 4.69) is 43.6 Å². The van der Waals surface area contributed by atoms with Crippen LogP contribution in [0.5, 0.6) is 0 Å². The fourth-order valence-corrected chi connectivity index (χ4v) is 3.37. The second-order valence-corrected chi connectivity index (χ2v) is 6.20. The van der Waals surface area contributed by atoms with Crippen LogP contribution in [0.25, 0.3) is 0 Å². The zero-order valence-corrected chi connectivity index (χ0v) is 12.6. The maximum Gasteiger partial charge on any atom is 0.0105 e. The summed E-state index contributed by atoms with van der Waals surface area (Å²) < 4.78 is 0. The van der Waals surface area contributed by atoms with Gasteiger partial charge in [0, 0.05) is 6.04 Å². The predicted molar refractivity (Wildman–Crippen MR) is 83.5 cm³/mol. The third-order valence-corrected chi connectivity index (χ3v) is 4.78. The van der Waals surface area contributed by atoms with Crippen LogP contribution < -0.4 is 5.32 Å². The number of likely N-dealkylation sites (N-methyl/N-ethyl adjacent to an activating group) is 1. The van der Waals surface area contributed by atoms with Gasteiger partial charge in [0.25, 0.3) is 0 Å². The van der Waals surface area contributed by atoms with E-state index in [1.165, 1.54) is 62.5 Å². The van der Waals surface area contributed by atoms with Crippen molar-refractivity contribution in [3.05, 3.63) is 35.4 Å². The Morgan fingerprint density at radius 3 is 2.58 bits per heavy atom. The Hall–Kier alpha value is -0.820. The molecule has 1 aliphatic carbocycles. The molecule has 0 bridgehead atoms. The van der Waals surface area contributed by atoms with E-state index in [0.29, 0.717) is 6.04 Å². The van der Waals surface area contributed by atoms with Crippen molar-refractivity contribution >= 4 is 0 Å². The zero-order chi connectivity index (χ0) is 13.5. The molecule has 1 aromatic carbocycles. The maximum absolute atomic E-state index is 3.52. The molecule has 1 aromatic rings.